The number of nitrogens with one attached hydrogen (secondary N) is 2. The largest absolute Gasteiger partial charge is 0.416 e. The first-order valence-electron chi connectivity index (χ1n) is 14.7. The smallest absolute Gasteiger partial charge is 0.358 e. The predicted molar refractivity (Wildman–Crippen MR) is 149 cm³/mol. The second-order valence-corrected chi connectivity index (χ2v) is 11.8. The van der Waals surface area contributed by atoms with E-state index in [0.717, 1.165) is 23.2 Å². The normalized spacial score (nSPS) is 21.3. The van der Waals surface area contributed by atoms with E-state index in [4.69, 9.17) is 0 Å². The summed E-state index contributed by atoms with van der Waals surface area (Å²) in [5, 5.41) is 17.2. The lowest BCUT2D eigenvalue weighted by Gasteiger charge is -2.37. The topological polar surface area (TPSA) is 105 Å². The number of rotatable bonds is 8. The highest BCUT2D eigenvalue weighted by Gasteiger charge is 2.51. The molecule has 1 aliphatic heterocycles. The van der Waals surface area contributed by atoms with Crippen LogP contribution >= 0.6 is 0 Å². The van der Waals surface area contributed by atoms with Gasteiger partial charge in [0.25, 0.3) is 0 Å². The number of hydrogen-bond acceptors (Lipinski definition) is 6. The van der Waals surface area contributed by atoms with Crippen LogP contribution in [0.4, 0.5) is 30.7 Å². The molecule has 1 saturated heterocycles. The molecule has 0 bridgehead atoms. The van der Waals surface area contributed by atoms with E-state index in [1.807, 2.05) is 0 Å². The summed E-state index contributed by atoms with van der Waals surface area (Å²) in [6, 6.07) is 7.48. The van der Waals surface area contributed by atoms with Crippen molar-refractivity contribution in [1.82, 2.24) is 35.7 Å². The molecule has 16 heteroatoms. The Labute approximate surface area is 259 Å². The number of piperidine rings is 1. The quantitative estimate of drug-likeness (QED) is 0.345. The highest BCUT2D eigenvalue weighted by Crippen LogP contribution is 2.44. The molecule has 2 fully saturated rings. The molecule has 2 aromatic carbocycles. The first-order valence-corrected chi connectivity index (χ1v) is 14.7. The van der Waals surface area contributed by atoms with E-state index >= 15 is 0 Å². The predicted octanol–water partition coefficient (Wildman–Crippen LogP) is 4.58. The van der Waals surface area contributed by atoms with Gasteiger partial charge in [-0.05, 0) is 97.8 Å². The second kappa shape index (κ2) is 13.0. The highest BCUT2D eigenvalue weighted by molar-refractivity contribution is 5.87. The molecule has 1 saturated carbocycles. The molecule has 2 atom stereocenters. The van der Waals surface area contributed by atoms with Crippen LogP contribution in [0.1, 0.15) is 66.1 Å². The number of likely N-dealkylation sites (tertiary alicyclic amines) is 1. The number of likely N-dealkylation sites (N-methyl/N-ethyl adjacent to an activating group) is 1. The number of halogens is 7. The molecule has 1 aromatic heterocycles. The van der Waals surface area contributed by atoms with E-state index in [9.17, 15) is 40.3 Å². The molecule has 2 unspecified atom stereocenters. The Morgan fingerprint density at radius 1 is 0.957 bits per heavy atom. The Hall–Kier alpha value is -4.08. The number of nitrogens with zero attached hydrogens (tertiary/aromatic N) is 5. The summed E-state index contributed by atoms with van der Waals surface area (Å²) in [7, 11) is 1.42. The summed E-state index contributed by atoms with van der Waals surface area (Å²) in [5.74, 6) is -1.14. The van der Waals surface area contributed by atoms with Gasteiger partial charge in [0.1, 0.15) is 17.8 Å². The van der Waals surface area contributed by atoms with E-state index in [0.29, 0.717) is 31.6 Å². The zero-order chi connectivity index (χ0) is 33.3. The number of carbonyl (C=O) groups excluding carboxylic acids is 2. The summed E-state index contributed by atoms with van der Waals surface area (Å²) in [6.45, 7) is 0.525. The lowest BCUT2D eigenvalue weighted by molar-refractivity contribution is -0.143. The van der Waals surface area contributed by atoms with Crippen LogP contribution in [0.5, 0.6) is 0 Å². The summed E-state index contributed by atoms with van der Waals surface area (Å²) in [6.07, 6.45) is -7.45. The number of carbonyl (C=O) groups is 2. The van der Waals surface area contributed by atoms with Crippen molar-refractivity contribution in [2.24, 2.45) is 0 Å². The lowest BCUT2D eigenvalue weighted by atomic mass is 9.83. The lowest BCUT2D eigenvalue weighted by Crippen LogP contribution is -2.46. The Morgan fingerprint density at radius 3 is 2.17 bits per heavy atom. The molecule has 3 aromatic rings. The summed E-state index contributed by atoms with van der Waals surface area (Å²) in [4.78, 5) is 29.0. The van der Waals surface area contributed by atoms with Crippen LogP contribution < -0.4 is 10.6 Å². The Balaban J connectivity index is 1.36. The minimum atomic E-state index is -5.03. The van der Waals surface area contributed by atoms with Gasteiger partial charge in [0.15, 0.2) is 5.82 Å². The molecule has 9 nitrogen and oxygen atoms in total. The third-order valence-electron chi connectivity index (χ3n) is 8.86. The van der Waals surface area contributed by atoms with Crippen LogP contribution in [-0.4, -0.2) is 63.1 Å². The van der Waals surface area contributed by atoms with Crippen molar-refractivity contribution < 1.29 is 40.3 Å². The standard InChI is InChI=1S/C30H32F7N7O2/c1-38-25(45)17-44-41-26(40-42-44)28(27(46)39-16-18-12-21(29(32,33)34)14-22(13-18)30(35,36)37)9-6-24(15-28)43-10-7-20(8-11-43)19-2-4-23(31)5-3-19/h2-5,12-14,20,24H,6-11,15-17H2,1H3,(H,38,45)(H,39,46). The van der Waals surface area contributed by atoms with Crippen LogP contribution in [0.3, 0.4) is 0 Å². The zero-order valence-corrected chi connectivity index (χ0v) is 24.8. The van der Waals surface area contributed by atoms with Crippen molar-refractivity contribution in [3.8, 4) is 0 Å². The van der Waals surface area contributed by atoms with Gasteiger partial charge in [-0.15, -0.1) is 10.2 Å². The van der Waals surface area contributed by atoms with Crippen molar-refractivity contribution in [3.63, 3.8) is 0 Å². The average molecular weight is 656 g/mol. The molecule has 248 valence electrons. The fourth-order valence-electron chi connectivity index (χ4n) is 6.36. The molecule has 2 amide bonds. The van der Waals surface area contributed by atoms with Gasteiger partial charge in [-0.2, -0.15) is 31.1 Å². The third kappa shape index (κ3) is 7.32. The number of benzene rings is 2. The maximum absolute atomic E-state index is 13.9. The van der Waals surface area contributed by atoms with Crippen molar-refractivity contribution in [3.05, 3.63) is 76.4 Å². The van der Waals surface area contributed by atoms with Gasteiger partial charge in [0, 0.05) is 19.6 Å². The van der Waals surface area contributed by atoms with Crippen LogP contribution in [0.2, 0.25) is 0 Å². The van der Waals surface area contributed by atoms with E-state index in [2.05, 4.69) is 30.9 Å². The van der Waals surface area contributed by atoms with Crippen molar-refractivity contribution in [1.29, 1.82) is 0 Å². The minimum Gasteiger partial charge on any atom is -0.358 e. The summed E-state index contributed by atoms with van der Waals surface area (Å²) >= 11 is 0. The number of hydrogen-bond donors (Lipinski definition) is 2. The molecule has 2 heterocycles. The van der Waals surface area contributed by atoms with Gasteiger partial charge in [0.2, 0.25) is 11.8 Å². The van der Waals surface area contributed by atoms with Crippen molar-refractivity contribution in [2.45, 2.75) is 74.9 Å². The van der Waals surface area contributed by atoms with Crippen LogP contribution in [0, 0.1) is 5.82 Å². The Morgan fingerprint density at radius 2 is 1.59 bits per heavy atom. The van der Waals surface area contributed by atoms with Gasteiger partial charge >= 0.3 is 12.4 Å². The van der Waals surface area contributed by atoms with Gasteiger partial charge in [-0.3, -0.25) is 9.59 Å². The molecule has 2 aliphatic rings. The molecular weight excluding hydrogens is 623 g/mol. The molecule has 5 rings (SSSR count). The van der Waals surface area contributed by atoms with Crippen molar-refractivity contribution >= 4 is 11.8 Å². The van der Waals surface area contributed by atoms with E-state index < -0.39 is 47.3 Å². The van der Waals surface area contributed by atoms with E-state index in [1.54, 1.807) is 12.1 Å². The van der Waals surface area contributed by atoms with Crippen molar-refractivity contribution in [2.75, 3.05) is 20.1 Å². The highest BCUT2D eigenvalue weighted by atomic mass is 19.4. The first kappa shape index (κ1) is 33.3. The van der Waals surface area contributed by atoms with Crippen LogP contribution in [-0.2, 0) is 40.4 Å². The second-order valence-electron chi connectivity index (χ2n) is 11.8. The Kier molecular flexibility index (Phi) is 9.38. The third-order valence-corrected chi connectivity index (χ3v) is 8.86. The molecule has 1 aliphatic carbocycles. The molecule has 2 N–H and O–H groups in total. The fraction of sp³-hybridized carbons (Fsp3) is 0.500. The minimum absolute atomic E-state index is 0.0117. The molecule has 46 heavy (non-hydrogen) atoms. The molecule has 0 spiro atoms. The number of aromatic nitrogens is 4. The SMILES string of the molecule is CNC(=O)Cn1nnc(C2(C(=O)NCc3cc(C(F)(F)F)cc(C(F)(F)F)c3)CCC(N3CCC(c4ccc(F)cc4)CC3)C2)n1. The van der Waals surface area contributed by atoms with Gasteiger partial charge in [0.05, 0.1) is 11.1 Å². The number of amides is 2. The van der Waals surface area contributed by atoms with E-state index in [1.165, 1.54) is 19.2 Å². The summed E-state index contributed by atoms with van der Waals surface area (Å²) in [5.41, 5.74) is -3.69. The van der Waals surface area contributed by atoms with Gasteiger partial charge in [-0.1, -0.05) is 12.1 Å². The first-order chi connectivity index (χ1) is 21.7. The van der Waals surface area contributed by atoms with Crippen LogP contribution in [0.25, 0.3) is 0 Å². The molecule has 0 radical (unpaired) electrons. The van der Waals surface area contributed by atoms with Gasteiger partial charge < -0.3 is 15.5 Å². The Bertz CT molecular complexity index is 1520. The van der Waals surface area contributed by atoms with E-state index in [-0.39, 0.29) is 54.6 Å². The molecular formula is C30H32F7N7O2. The summed E-state index contributed by atoms with van der Waals surface area (Å²) < 4.78 is 93.8. The number of tetrazole rings is 1. The van der Waals surface area contributed by atoms with Gasteiger partial charge in [-0.25, -0.2) is 4.39 Å². The average Bonchev–Trinajstić information content (AvgIpc) is 3.68. The maximum Gasteiger partial charge on any atom is 0.416 e. The van der Waals surface area contributed by atoms with Crippen LogP contribution in [0.15, 0.2) is 42.5 Å². The maximum atomic E-state index is 13.9. The number of alkyl halides is 6. The monoisotopic (exact) mass is 655 g/mol. The zero-order valence-electron chi connectivity index (χ0n) is 24.8. The fourth-order valence-corrected chi connectivity index (χ4v) is 6.36.